The van der Waals surface area contributed by atoms with Crippen LogP contribution in [0.3, 0.4) is 0 Å². The number of rotatable bonds is 1. The summed E-state index contributed by atoms with van der Waals surface area (Å²) in [6, 6.07) is 4.04. The number of piperazine rings is 1. The van der Waals surface area contributed by atoms with Gasteiger partial charge in [0.2, 0.25) is 0 Å². The molecule has 0 amide bonds. The number of hydrogen-bond donors (Lipinski definition) is 1. The average Bonchev–Trinajstić information content (AvgIpc) is 2.69. The Kier molecular flexibility index (Phi) is 2.25. The quantitative estimate of drug-likeness (QED) is 0.753. The number of anilines is 1. The summed E-state index contributed by atoms with van der Waals surface area (Å²) in [5, 5.41) is 7.66. The van der Waals surface area contributed by atoms with Crippen LogP contribution in [0, 0.1) is 6.92 Å². The second kappa shape index (κ2) is 3.75. The fourth-order valence-electron chi connectivity index (χ4n) is 2.06. The number of aromatic nitrogens is 3. The van der Waals surface area contributed by atoms with Gasteiger partial charge < -0.3 is 10.2 Å². The van der Waals surface area contributed by atoms with E-state index in [9.17, 15) is 0 Å². The summed E-state index contributed by atoms with van der Waals surface area (Å²) in [5.41, 5.74) is 1.93. The fourth-order valence-corrected chi connectivity index (χ4v) is 2.06. The van der Waals surface area contributed by atoms with Crippen molar-refractivity contribution in [2.75, 3.05) is 31.1 Å². The topological polar surface area (TPSA) is 45.5 Å². The molecule has 1 aliphatic heterocycles. The summed E-state index contributed by atoms with van der Waals surface area (Å²) >= 11 is 0. The monoisotopic (exact) mass is 217 g/mol. The van der Waals surface area contributed by atoms with Crippen molar-refractivity contribution in [3.63, 3.8) is 0 Å². The maximum absolute atomic E-state index is 4.62. The molecule has 1 aliphatic rings. The van der Waals surface area contributed by atoms with E-state index < -0.39 is 0 Å². The van der Waals surface area contributed by atoms with Crippen molar-refractivity contribution < 1.29 is 0 Å². The van der Waals surface area contributed by atoms with Crippen LogP contribution in [-0.2, 0) is 0 Å². The Hall–Kier alpha value is -1.62. The van der Waals surface area contributed by atoms with Gasteiger partial charge in [-0.1, -0.05) is 0 Å². The molecule has 0 aliphatic carbocycles. The van der Waals surface area contributed by atoms with Crippen molar-refractivity contribution in [1.29, 1.82) is 0 Å². The van der Waals surface area contributed by atoms with Crippen LogP contribution >= 0.6 is 0 Å². The first-order valence-corrected chi connectivity index (χ1v) is 5.62. The third-order valence-corrected chi connectivity index (χ3v) is 2.87. The van der Waals surface area contributed by atoms with Gasteiger partial charge in [0.1, 0.15) is 5.82 Å². The van der Waals surface area contributed by atoms with E-state index in [4.69, 9.17) is 0 Å². The molecule has 0 spiro atoms. The lowest BCUT2D eigenvalue weighted by Gasteiger charge is -2.28. The molecule has 0 aromatic carbocycles. The highest BCUT2D eigenvalue weighted by atomic mass is 15.3. The van der Waals surface area contributed by atoms with E-state index >= 15 is 0 Å². The zero-order valence-corrected chi connectivity index (χ0v) is 9.35. The molecule has 0 saturated carbocycles. The number of aryl methyl sites for hydroxylation is 1. The third kappa shape index (κ3) is 1.63. The van der Waals surface area contributed by atoms with Crippen LogP contribution in [0.1, 0.15) is 5.69 Å². The predicted molar refractivity (Wildman–Crippen MR) is 62.8 cm³/mol. The maximum atomic E-state index is 4.62. The smallest absolute Gasteiger partial charge is 0.157 e. The Morgan fingerprint density at radius 2 is 2.12 bits per heavy atom. The van der Waals surface area contributed by atoms with Crippen molar-refractivity contribution >= 4 is 11.5 Å². The van der Waals surface area contributed by atoms with Crippen LogP contribution in [-0.4, -0.2) is 40.8 Å². The third-order valence-electron chi connectivity index (χ3n) is 2.87. The molecule has 5 nitrogen and oxygen atoms in total. The Morgan fingerprint density at radius 1 is 1.31 bits per heavy atom. The lowest BCUT2D eigenvalue weighted by Crippen LogP contribution is -2.43. The van der Waals surface area contributed by atoms with Crippen LogP contribution in [0.25, 0.3) is 5.65 Å². The van der Waals surface area contributed by atoms with Crippen LogP contribution in [0.4, 0.5) is 5.82 Å². The standard InChI is InChI=1S/C11H15N5/c1-9-8-11-13-10(2-5-16(11)14-9)15-6-3-12-4-7-15/h2,5,8,12H,3-4,6-7H2,1H3. The van der Waals surface area contributed by atoms with E-state index in [1.807, 2.05) is 29.8 Å². The number of hydrogen-bond acceptors (Lipinski definition) is 4. The molecule has 0 unspecified atom stereocenters. The van der Waals surface area contributed by atoms with Crippen molar-refractivity contribution in [2.24, 2.45) is 0 Å². The molecule has 2 aromatic rings. The molecule has 0 atom stereocenters. The van der Waals surface area contributed by atoms with Gasteiger partial charge in [-0.2, -0.15) is 5.10 Å². The minimum atomic E-state index is 0.925. The van der Waals surface area contributed by atoms with Gasteiger partial charge in [0.15, 0.2) is 5.65 Å². The first kappa shape index (κ1) is 9.59. The SMILES string of the molecule is Cc1cc2nc(N3CCNCC3)ccn2n1. The second-order valence-corrected chi connectivity index (χ2v) is 4.11. The van der Waals surface area contributed by atoms with Gasteiger partial charge in [-0.3, -0.25) is 0 Å². The molecule has 1 N–H and O–H groups in total. The van der Waals surface area contributed by atoms with E-state index in [0.717, 1.165) is 43.3 Å². The Labute approximate surface area is 94.1 Å². The zero-order valence-electron chi connectivity index (χ0n) is 9.35. The van der Waals surface area contributed by atoms with Crippen molar-refractivity contribution in [3.05, 3.63) is 24.0 Å². The molecule has 3 heterocycles. The van der Waals surface area contributed by atoms with Crippen molar-refractivity contribution in [2.45, 2.75) is 6.92 Å². The van der Waals surface area contributed by atoms with E-state index in [-0.39, 0.29) is 0 Å². The van der Waals surface area contributed by atoms with Crippen LogP contribution in [0.2, 0.25) is 0 Å². The van der Waals surface area contributed by atoms with E-state index in [0.29, 0.717) is 0 Å². The summed E-state index contributed by atoms with van der Waals surface area (Å²) in [6.45, 7) is 6.10. The van der Waals surface area contributed by atoms with Gasteiger partial charge in [-0.15, -0.1) is 0 Å². The highest BCUT2D eigenvalue weighted by Crippen LogP contribution is 2.13. The van der Waals surface area contributed by atoms with Crippen LogP contribution in [0.15, 0.2) is 18.3 Å². The van der Waals surface area contributed by atoms with Gasteiger partial charge in [-0.05, 0) is 13.0 Å². The summed E-state index contributed by atoms with van der Waals surface area (Å²) in [7, 11) is 0. The summed E-state index contributed by atoms with van der Waals surface area (Å²) < 4.78 is 1.82. The molecule has 5 heteroatoms. The molecule has 84 valence electrons. The molecule has 0 bridgehead atoms. The zero-order chi connectivity index (χ0) is 11.0. The van der Waals surface area contributed by atoms with Crippen molar-refractivity contribution in [1.82, 2.24) is 19.9 Å². The lowest BCUT2D eigenvalue weighted by molar-refractivity contribution is 0.585. The molecule has 16 heavy (non-hydrogen) atoms. The van der Waals surface area contributed by atoms with E-state index in [1.165, 1.54) is 0 Å². The fraction of sp³-hybridized carbons (Fsp3) is 0.455. The highest BCUT2D eigenvalue weighted by molar-refractivity contribution is 5.48. The van der Waals surface area contributed by atoms with E-state index in [2.05, 4.69) is 20.3 Å². The summed E-state index contributed by atoms with van der Waals surface area (Å²) in [6.07, 6.45) is 1.98. The average molecular weight is 217 g/mol. The van der Waals surface area contributed by atoms with Gasteiger partial charge in [0, 0.05) is 38.4 Å². The highest BCUT2D eigenvalue weighted by Gasteiger charge is 2.12. The molecule has 2 aromatic heterocycles. The molecule has 0 radical (unpaired) electrons. The normalized spacial score (nSPS) is 16.9. The van der Waals surface area contributed by atoms with E-state index in [1.54, 1.807) is 0 Å². The molecular weight excluding hydrogens is 202 g/mol. The first-order valence-electron chi connectivity index (χ1n) is 5.62. The second-order valence-electron chi connectivity index (χ2n) is 4.11. The first-order chi connectivity index (χ1) is 7.83. The predicted octanol–water partition coefficient (Wildman–Crippen LogP) is 0.447. The van der Waals surface area contributed by atoms with Crippen molar-refractivity contribution in [3.8, 4) is 0 Å². The Balaban J connectivity index is 1.97. The molecule has 1 saturated heterocycles. The Bertz CT molecular complexity index is 498. The summed E-state index contributed by atoms with van der Waals surface area (Å²) in [4.78, 5) is 6.92. The maximum Gasteiger partial charge on any atom is 0.157 e. The molecule has 3 rings (SSSR count). The number of nitrogens with one attached hydrogen (secondary N) is 1. The Morgan fingerprint density at radius 3 is 2.94 bits per heavy atom. The van der Waals surface area contributed by atoms with Gasteiger partial charge in [0.05, 0.1) is 5.69 Å². The largest absolute Gasteiger partial charge is 0.354 e. The molecule has 1 fully saturated rings. The lowest BCUT2D eigenvalue weighted by atomic mass is 10.3. The van der Waals surface area contributed by atoms with Gasteiger partial charge in [0.25, 0.3) is 0 Å². The van der Waals surface area contributed by atoms with Gasteiger partial charge in [-0.25, -0.2) is 9.50 Å². The van der Waals surface area contributed by atoms with Crippen LogP contribution < -0.4 is 10.2 Å². The minimum Gasteiger partial charge on any atom is -0.354 e. The number of nitrogens with zero attached hydrogens (tertiary/aromatic N) is 4. The van der Waals surface area contributed by atoms with Crippen LogP contribution in [0.5, 0.6) is 0 Å². The molecular formula is C11H15N5. The summed E-state index contributed by atoms with van der Waals surface area (Å²) in [5.74, 6) is 1.05. The minimum absolute atomic E-state index is 0.925. The van der Waals surface area contributed by atoms with Gasteiger partial charge >= 0.3 is 0 Å². The number of fused-ring (bicyclic) bond motifs is 1.